The van der Waals surface area contributed by atoms with Gasteiger partial charge in [-0.1, -0.05) is 48.3 Å². The molecule has 166 valence electrons. The van der Waals surface area contributed by atoms with Crippen molar-refractivity contribution in [2.75, 3.05) is 33.7 Å². The van der Waals surface area contributed by atoms with E-state index in [1.54, 1.807) is 11.8 Å². The van der Waals surface area contributed by atoms with Crippen molar-refractivity contribution >= 4 is 17.1 Å². The van der Waals surface area contributed by atoms with Gasteiger partial charge in [0.15, 0.2) is 0 Å². The molecule has 3 aliphatic rings. The van der Waals surface area contributed by atoms with Gasteiger partial charge in [-0.15, -0.1) is 0 Å². The third-order valence-corrected chi connectivity index (χ3v) is 8.48. The number of hydrogen-bond acceptors (Lipinski definition) is 4. The Morgan fingerprint density at radius 3 is 2.33 bits per heavy atom. The Hall–Kier alpha value is -1.44. The van der Waals surface area contributed by atoms with Crippen LogP contribution in [0.5, 0.6) is 0 Å². The molecule has 2 aliphatic carbocycles. The van der Waals surface area contributed by atoms with E-state index in [9.17, 15) is 13.6 Å². The van der Waals surface area contributed by atoms with Crippen molar-refractivity contribution < 1.29 is 13.6 Å². The van der Waals surface area contributed by atoms with Gasteiger partial charge in [-0.05, 0) is 64.1 Å². The van der Waals surface area contributed by atoms with E-state index in [0.717, 1.165) is 32.2 Å². The minimum absolute atomic E-state index is 0.0158. The van der Waals surface area contributed by atoms with Crippen molar-refractivity contribution in [3.63, 3.8) is 0 Å². The maximum absolute atomic E-state index is 13.3. The molecule has 6 nitrogen and oxygen atoms in total. The minimum Gasteiger partial charge on any atom is -0.772 e. The van der Waals surface area contributed by atoms with Gasteiger partial charge in [0.2, 0.25) is 0 Å². The molecule has 2 saturated carbocycles. The Balaban J connectivity index is 1.57. The molecule has 3 fully saturated rings. The summed E-state index contributed by atoms with van der Waals surface area (Å²) in [6.45, 7) is 3.44. The van der Waals surface area contributed by atoms with Gasteiger partial charge in [0, 0.05) is 30.4 Å². The van der Waals surface area contributed by atoms with Crippen LogP contribution in [0.1, 0.15) is 51.0 Å². The van der Waals surface area contributed by atoms with Crippen LogP contribution in [0.4, 0.5) is 4.79 Å². The third-order valence-electron chi connectivity index (χ3n) is 7.68. The summed E-state index contributed by atoms with van der Waals surface area (Å²) in [5.74, 6) is 0.617. The molecule has 0 N–H and O–H groups in total. The summed E-state index contributed by atoms with van der Waals surface area (Å²) >= 11 is -2.16. The Morgan fingerprint density at radius 1 is 1.17 bits per heavy atom. The molecule has 1 aromatic carbocycles. The zero-order valence-electron chi connectivity index (χ0n) is 18.4. The van der Waals surface area contributed by atoms with E-state index in [1.807, 2.05) is 0 Å². The van der Waals surface area contributed by atoms with Crippen LogP contribution in [-0.4, -0.2) is 74.0 Å². The SMILES string of the molecule is CC(CN1CC2(CCC(c3ccccc3)(N(C)C)CC2)N(CC2CC2)C1=O)S(=O)[O-]. The van der Waals surface area contributed by atoms with Gasteiger partial charge in [-0.2, -0.15) is 0 Å². The summed E-state index contributed by atoms with van der Waals surface area (Å²) in [5, 5.41) is -0.541. The van der Waals surface area contributed by atoms with Crippen LogP contribution in [-0.2, 0) is 16.6 Å². The maximum Gasteiger partial charge on any atom is 0.320 e. The van der Waals surface area contributed by atoms with Crippen molar-refractivity contribution in [2.45, 2.75) is 61.8 Å². The molecule has 0 bridgehead atoms. The minimum atomic E-state index is -2.16. The molecular weight excluding hydrogens is 398 g/mol. The summed E-state index contributed by atoms with van der Waals surface area (Å²) in [6, 6.07) is 10.7. The number of amides is 2. The second-order valence-electron chi connectivity index (χ2n) is 9.80. The van der Waals surface area contributed by atoms with E-state index in [4.69, 9.17) is 0 Å². The molecule has 7 heteroatoms. The smallest absolute Gasteiger partial charge is 0.320 e. The molecule has 1 spiro atoms. The van der Waals surface area contributed by atoms with Crippen molar-refractivity contribution in [1.82, 2.24) is 14.7 Å². The first-order chi connectivity index (χ1) is 14.3. The number of hydrogen-bond donors (Lipinski definition) is 0. The van der Waals surface area contributed by atoms with Crippen molar-refractivity contribution in [1.29, 1.82) is 0 Å². The van der Waals surface area contributed by atoms with Gasteiger partial charge in [-0.25, -0.2) is 4.79 Å². The molecule has 1 aliphatic heterocycles. The fraction of sp³-hybridized carbons (Fsp3) is 0.696. The highest BCUT2D eigenvalue weighted by atomic mass is 32.2. The number of nitrogens with zero attached hydrogens (tertiary/aromatic N) is 3. The molecule has 0 aromatic heterocycles. The summed E-state index contributed by atoms with van der Waals surface area (Å²) in [6.07, 6.45) is 6.29. The molecule has 1 heterocycles. The quantitative estimate of drug-likeness (QED) is 0.621. The van der Waals surface area contributed by atoms with E-state index in [2.05, 4.69) is 54.2 Å². The highest BCUT2D eigenvalue weighted by Gasteiger charge is 2.55. The van der Waals surface area contributed by atoms with Gasteiger partial charge in [0.05, 0.1) is 5.54 Å². The fourth-order valence-electron chi connectivity index (χ4n) is 5.53. The Morgan fingerprint density at radius 2 is 1.80 bits per heavy atom. The average molecular weight is 433 g/mol. The highest BCUT2D eigenvalue weighted by molar-refractivity contribution is 7.79. The number of carbonyl (C=O) groups excluding carboxylic acids is 1. The lowest BCUT2D eigenvalue weighted by Gasteiger charge is -2.51. The van der Waals surface area contributed by atoms with Crippen LogP contribution in [0.3, 0.4) is 0 Å². The van der Waals surface area contributed by atoms with Crippen LogP contribution >= 0.6 is 0 Å². The van der Waals surface area contributed by atoms with E-state index < -0.39 is 16.3 Å². The summed E-state index contributed by atoms with van der Waals surface area (Å²) in [7, 11) is 4.31. The third kappa shape index (κ3) is 3.92. The molecule has 2 unspecified atom stereocenters. The molecule has 1 saturated heterocycles. The summed E-state index contributed by atoms with van der Waals surface area (Å²) in [4.78, 5) is 19.6. The molecule has 4 rings (SSSR count). The lowest BCUT2D eigenvalue weighted by molar-refractivity contribution is 0.0233. The predicted octanol–water partition coefficient (Wildman–Crippen LogP) is 3.17. The average Bonchev–Trinajstić information content (AvgIpc) is 3.52. The van der Waals surface area contributed by atoms with Gasteiger partial charge in [0.25, 0.3) is 0 Å². The van der Waals surface area contributed by atoms with E-state index in [0.29, 0.717) is 12.5 Å². The summed E-state index contributed by atoms with van der Waals surface area (Å²) < 4.78 is 22.8. The zero-order chi connectivity index (χ0) is 21.5. The number of rotatable bonds is 7. The first kappa shape index (κ1) is 21.8. The van der Waals surface area contributed by atoms with Gasteiger partial charge in [0.1, 0.15) is 0 Å². The van der Waals surface area contributed by atoms with Crippen molar-refractivity contribution in [2.24, 2.45) is 5.92 Å². The first-order valence-corrected chi connectivity index (χ1v) is 12.3. The fourth-order valence-corrected chi connectivity index (χ4v) is 5.83. The molecule has 30 heavy (non-hydrogen) atoms. The standard InChI is InChI=1S/C23H35N3O3S/c1-18(30(28)29)15-25-17-22(26(21(25)27)16-19-9-10-19)11-13-23(14-12-22,24(2)3)20-7-5-4-6-8-20/h4-8,18-19H,9-17H2,1-3H3,(H,28,29)/p-1. The Bertz CT molecular complexity index is 788. The lowest BCUT2D eigenvalue weighted by Crippen LogP contribution is -2.55. The second-order valence-corrected chi connectivity index (χ2v) is 11.1. The highest BCUT2D eigenvalue weighted by Crippen LogP contribution is 2.49. The normalized spacial score (nSPS) is 31.6. The monoisotopic (exact) mass is 432 g/mol. The predicted molar refractivity (Wildman–Crippen MR) is 118 cm³/mol. The Labute approximate surface area is 182 Å². The van der Waals surface area contributed by atoms with Crippen LogP contribution in [0.15, 0.2) is 30.3 Å². The second kappa shape index (κ2) is 8.24. The Kier molecular flexibility index (Phi) is 5.99. The first-order valence-electron chi connectivity index (χ1n) is 11.1. The van der Waals surface area contributed by atoms with Gasteiger partial charge in [-0.3, -0.25) is 9.11 Å². The molecule has 1 aromatic rings. The number of benzene rings is 1. The summed E-state index contributed by atoms with van der Waals surface area (Å²) in [5.41, 5.74) is 1.16. The van der Waals surface area contributed by atoms with Gasteiger partial charge >= 0.3 is 6.03 Å². The zero-order valence-corrected chi connectivity index (χ0v) is 19.2. The lowest BCUT2D eigenvalue weighted by atomic mass is 9.68. The van der Waals surface area contributed by atoms with Crippen LogP contribution in [0.2, 0.25) is 0 Å². The molecule has 2 amide bonds. The van der Waals surface area contributed by atoms with E-state index in [1.165, 1.54) is 18.4 Å². The number of urea groups is 1. The number of carbonyl (C=O) groups is 1. The molecule has 0 radical (unpaired) electrons. The topological polar surface area (TPSA) is 66.9 Å². The van der Waals surface area contributed by atoms with Crippen molar-refractivity contribution in [3.8, 4) is 0 Å². The molecule has 2 atom stereocenters. The largest absolute Gasteiger partial charge is 0.772 e. The van der Waals surface area contributed by atoms with Crippen LogP contribution < -0.4 is 0 Å². The van der Waals surface area contributed by atoms with Crippen LogP contribution in [0.25, 0.3) is 0 Å². The van der Waals surface area contributed by atoms with E-state index >= 15 is 0 Å². The van der Waals surface area contributed by atoms with Crippen molar-refractivity contribution in [3.05, 3.63) is 35.9 Å². The maximum atomic E-state index is 13.3. The van der Waals surface area contributed by atoms with Gasteiger partial charge < -0.3 is 14.4 Å². The van der Waals surface area contributed by atoms with Crippen LogP contribution in [0, 0.1) is 5.92 Å². The van der Waals surface area contributed by atoms with E-state index in [-0.39, 0.29) is 23.7 Å². The molecular formula is C23H34N3O3S-.